The minimum Gasteiger partial charge on any atom is -0.496 e. The minimum atomic E-state index is -3.59. The number of hydrogen-bond donors (Lipinski definition) is 2. The van der Waals surface area contributed by atoms with Gasteiger partial charge in [-0.1, -0.05) is 0 Å². The Hall–Kier alpha value is -1.60. The highest BCUT2D eigenvalue weighted by molar-refractivity contribution is 7.89. The van der Waals surface area contributed by atoms with Gasteiger partial charge in [0.2, 0.25) is 10.0 Å². The molecule has 3 N–H and O–H groups in total. The maximum atomic E-state index is 11.5. The highest BCUT2D eigenvalue weighted by Crippen LogP contribution is 2.21. The molecule has 0 spiro atoms. The number of ether oxygens (including phenoxy) is 1. The predicted molar refractivity (Wildman–Crippen MR) is 57.8 cm³/mol. The van der Waals surface area contributed by atoms with Crippen molar-refractivity contribution < 1.29 is 17.9 Å². The van der Waals surface area contributed by atoms with E-state index < -0.39 is 15.9 Å². The quantitative estimate of drug-likeness (QED) is 0.759. The molecule has 6 nitrogen and oxygen atoms in total. The van der Waals surface area contributed by atoms with E-state index in [1.54, 1.807) is 0 Å². The topological polar surface area (TPSA) is 98.5 Å². The summed E-state index contributed by atoms with van der Waals surface area (Å²) in [5.41, 5.74) is 5.14. The molecule has 16 heavy (non-hydrogen) atoms. The largest absolute Gasteiger partial charge is 0.496 e. The number of amides is 1. The second-order valence-electron chi connectivity index (χ2n) is 2.93. The Morgan fingerprint density at radius 3 is 2.50 bits per heavy atom. The van der Waals surface area contributed by atoms with E-state index in [1.807, 2.05) is 0 Å². The molecule has 88 valence electrons. The van der Waals surface area contributed by atoms with Crippen molar-refractivity contribution in [3.8, 4) is 5.75 Å². The summed E-state index contributed by atoms with van der Waals surface area (Å²) in [7, 11) is -0.942. The zero-order valence-corrected chi connectivity index (χ0v) is 9.67. The van der Waals surface area contributed by atoms with E-state index >= 15 is 0 Å². The molecule has 1 rings (SSSR count). The molecule has 0 heterocycles. The van der Waals surface area contributed by atoms with Crippen molar-refractivity contribution in [2.45, 2.75) is 4.90 Å². The summed E-state index contributed by atoms with van der Waals surface area (Å²) in [5, 5.41) is 0. The lowest BCUT2D eigenvalue weighted by molar-refractivity contribution is 0.0997. The van der Waals surface area contributed by atoms with Crippen LogP contribution in [0.25, 0.3) is 0 Å². The second kappa shape index (κ2) is 4.50. The lowest BCUT2D eigenvalue weighted by Crippen LogP contribution is -2.20. The molecule has 0 atom stereocenters. The summed E-state index contributed by atoms with van der Waals surface area (Å²) in [6.07, 6.45) is 0. The Labute approximate surface area is 93.5 Å². The molecule has 0 fully saturated rings. The summed E-state index contributed by atoms with van der Waals surface area (Å²) in [6.45, 7) is 0. The molecule has 0 aliphatic heterocycles. The van der Waals surface area contributed by atoms with Crippen molar-refractivity contribution in [1.29, 1.82) is 0 Å². The van der Waals surface area contributed by atoms with Gasteiger partial charge >= 0.3 is 0 Å². The van der Waals surface area contributed by atoms with Gasteiger partial charge in [-0.05, 0) is 25.2 Å². The third-order valence-corrected chi connectivity index (χ3v) is 3.43. The molecule has 0 radical (unpaired) electrons. The smallest absolute Gasteiger partial charge is 0.252 e. The first-order chi connectivity index (χ1) is 7.42. The first-order valence-electron chi connectivity index (χ1n) is 4.33. The summed E-state index contributed by atoms with van der Waals surface area (Å²) in [6, 6.07) is 3.88. The second-order valence-corrected chi connectivity index (χ2v) is 4.82. The molecule has 0 bridgehead atoms. The number of sulfonamides is 1. The lowest BCUT2D eigenvalue weighted by Gasteiger charge is -2.08. The summed E-state index contributed by atoms with van der Waals surface area (Å²) in [4.78, 5) is 11.0. The minimum absolute atomic E-state index is 0.0267. The summed E-state index contributed by atoms with van der Waals surface area (Å²) in [5.74, 6) is -0.507. The fourth-order valence-corrected chi connectivity index (χ4v) is 1.92. The van der Waals surface area contributed by atoms with E-state index in [9.17, 15) is 13.2 Å². The van der Waals surface area contributed by atoms with Crippen molar-refractivity contribution in [3.63, 3.8) is 0 Å². The lowest BCUT2D eigenvalue weighted by atomic mass is 10.2. The van der Waals surface area contributed by atoms with E-state index in [4.69, 9.17) is 10.5 Å². The number of nitrogens with one attached hydrogen (secondary N) is 1. The van der Waals surface area contributed by atoms with Gasteiger partial charge in [0.05, 0.1) is 17.6 Å². The van der Waals surface area contributed by atoms with Gasteiger partial charge in [0, 0.05) is 0 Å². The van der Waals surface area contributed by atoms with E-state index in [1.165, 1.54) is 32.4 Å². The molecule has 1 amide bonds. The Bertz CT molecular complexity index is 510. The fourth-order valence-electron chi connectivity index (χ4n) is 1.16. The summed E-state index contributed by atoms with van der Waals surface area (Å²) < 4.78 is 30.0. The molecule has 7 heteroatoms. The van der Waals surface area contributed by atoms with Crippen LogP contribution in [-0.2, 0) is 10.0 Å². The van der Waals surface area contributed by atoms with Gasteiger partial charge in [0.1, 0.15) is 5.75 Å². The van der Waals surface area contributed by atoms with Gasteiger partial charge in [0.15, 0.2) is 0 Å². The number of carbonyl (C=O) groups is 1. The Kier molecular flexibility index (Phi) is 3.51. The van der Waals surface area contributed by atoms with Gasteiger partial charge in [-0.2, -0.15) is 0 Å². The third kappa shape index (κ3) is 2.31. The van der Waals surface area contributed by atoms with Crippen LogP contribution in [0.3, 0.4) is 0 Å². The average Bonchev–Trinajstić information content (AvgIpc) is 2.28. The SMILES string of the molecule is CNS(=O)(=O)c1ccc(OC)c(C(N)=O)c1. The Morgan fingerprint density at radius 1 is 1.44 bits per heavy atom. The first-order valence-corrected chi connectivity index (χ1v) is 5.82. The molecule has 0 aromatic heterocycles. The molecule has 0 aliphatic carbocycles. The summed E-state index contributed by atoms with van der Waals surface area (Å²) >= 11 is 0. The first kappa shape index (κ1) is 12.5. The molecule has 0 saturated carbocycles. The van der Waals surface area contributed by atoms with Crippen LogP contribution >= 0.6 is 0 Å². The number of benzene rings is 1. The van der Waals surface area contributed by atoms with Crippen molar-refractivity contribution in [2.75, 3.05) is 14.2 Å². The van der Waals surface area contributed by atoms with Crippen LogP contribution < -0.4 is 15.2 Å². The number of hydrogen-bond acceptors (Lipinski definition) is 4. The van der Waals surface area contributed by atoms with E-state index in [0.29, 0.717) is 0 Å². The van der Waals surface area contributed by atoms with Gasteiger partial charge in [0.25, 0.3) is 5.91 Å². The van der Waals surface area contributed by atoms with Crippen LogP contribution in [0.5, 0.6) is 5.75 Å². The maximum absolute atomic E-state index is 11.5. The molecule has 1 aromatic rings. The van der Waals surface area contributed by atoms with E-state index in [2.05, 4.69) is 4.72 Å². The third-order valence-electron chi connectivity index (χ3n) is 2.02. The normalized spacial score (nSPS) is 11.1. The number of primary amides is 1. The van der Waals surface area contributed by atoms with Crippen molar-refractivity contribution in [3.05, 3.63) is 23.8 Å². The van der Waals surface area contributed by atoms with Gasteiger partial charge in [-0.3, -0.25) is 4.79 Å². The number of rotatable bonds is 4. The molecular weight excluding hydrogens is 232 g/mol. The van der Waals surface area contributed by atoms with E-state index in [-0.39, 0.29) is 16.2 Å². The van der Waals surface area contributed by atoms with Crippen LogP contribution in [0, 0.1) is 0 Å². The van der Waals surface area contributed by atoms with Crippen molar-refractivity contribution in [2.24, 2.45) is 5.73 Å². The highest BCUT2D eigenvalue weighted by atomic mass is 32.2. The van der Waals surface area contributed by atoms with Gasteiger partial charge in [-0.25, -0.2) is 13.1 Å². The highest BCUT2D eigenvalue weighted by Gasteiger charge is 2.16. The van der Waals surface area contributed by atoms with Crippen LogP contribution in [0.15, 0.2) is 23.1 Å². The predicted octanol–water partition coefficient (Wildman–Crippen LogP) is -0.298. The Morgan fingerprint density at radius 2 is 2.06 bits per heavy atom. The average molecular weight is 244 g/mol. The van der Waals surface area contributed by atoms with E-state index in [0.717, 1.165) is 0 Å². The monoisotopic (exact) mass is 244 g/mol. The standard InChI is InChI=1S/C9H12N2O4S/c1-11-16(13,14)6-3-4-8(15-2)7(5-6)9(10)12/h3-5,11H,1-2H3,(H2,10,12). The number of methoxy groups -OCH3 is 1. The van der Waals surface area contributed by atoms with Gasteiger partial charge < -0.3 is 10.5 Å². The molecular formula is C9H12N2O4S. The number of carbonyl (C=O) groups excluding carboxylic acids is 1. The molecule has 1 aromatic carbocycles. The molecule has 0 unspecified atom stereocenters. The molecule has 0 aliphatic rings. The van der Waals surface area contributed by atoms with Crippen LogP contribution in [0.2, 0.25) is 0 Å². The zero-order valence-electron chi connectivity index (χ0n) is 8.85. The Balaban J connectivity index is 3.39. The van der Waals surface area contributed by atoms with Gasteiger partial charge in [-0.15, -0.1) is 0 Å². The van der Waals surface area contributed by atoms with Crippen LogP contribution in [0.4, 0.5) is 0 Å². The van der Waals surface area contributed by atoms with Crippen LogP contribution in [-0.4, -0.2) is 28.5 Å². The fraction of sp³-hybridized carbons (Fsp3) is 0.222. The van der Waals surface area contributed by atoms with Crippen molar-refractivity contribution in [1.82, 2.24) is 4.72 Å². The zero-order chi connectivity index (χ0) is 12.3. The molecule has 0 saturated heterocycles. The number of nitrogens with two attached hydrogens (primary N) is 1. The van der Waals surface area contributed by atoms with Crippen molar-refractivity contribution >= 4 is 15.9 Å². The maximum Gasteiger partial charge on any atom is 0.252 e. The van der Waals surface area contributed by atoms with Crippen LogP contribution in [0.1, 0.15) is 10.4 Å².